The van der Waals surface area contributed by atoms with Crippen LogP contribution in [0.2, 0.25) is 0 Å². The van der Waals surface area contributed by atoms with Gasteiger partial charge in [-0.3, -0.25) is 4.79 Å². The number of hydrogen-bond donors (Lipinski definition) is 2. The van der Waals surface area contributed by atoms with E-state index in [1.807, 2.05) is 32.0 Å². The monoisotopic (exact) mass is 479 g/mol. The first-order valence-corrected chi connectivity index (χ1v) is 13.0. The molecule has 1 heterocycles. The van der Waals surface area contributed by atoms with Gasteiger partial charge in [-0.15, -0.1) is 11.3 Å². The molecule has 3 aromatic rings. The number of carbonyl (C=O) groups excluding carboxylic acids is 1. The normalized spacial score (nSPS) is 12.8. The number of anilines is 1. The van der Waals surface area contributed by atoms with Crippen molar-refractivity contribution in [3.63, 3.8) is 0 Å². The van der Waals surface area contributed by atoms with Crippen LogP contribution in [0.5, 0.6) is 5.75 Å². The minimum absolute atomic E-state index is 0.155. The number of ether oxygens (including phenoxy) is 1. The van der Waals surface area contributed by atoms with Gasteiger partial charge >= 0.3 is 0 Å². The van der Waals surface area contributed by atoms with Gasteiger partial charge in [-0.1, -0.05) is 11.8 Å². The van der Waals surface area contributed by atoms with Crippen molar-refractivity contribution < 1.29 is 17.9 Å². The molecule has 3 rings (SSSR count). The minimum atomic E-state index is -3.56. The molecule has 0 aliphatic heterocycles. The fourth-order valence-electron chi connectivity index (χ4n) is 2.74. The summed E-state index contributed by atoms with van der Waals surface area (Å²) in [5, 5.41) is 2.45. The number of nitrogens with zero attached hydrogens (tertiary/aromatic N) is 1. The Morgan fingerprint density at radius 2 is 1.87 bits per heavy atom. The number of fused-ring (bicyclic) bond motifs is 1. The zero-order valence-corrected chi connectivity index (χ0v) is 20.2. The van der Waals surface area contributed by atoms with Crippen molar-refractivity contribution in [2.45, 2.75) is 48.2 Å². The lowest BCUT2D eigenvalue weighted by Gasteiger charge is -2.12. The van der Waals surface area contributed by atoms with E-state index in [-0.39, 0.29) is 22.1 Å². The molecule has 0 saturated heterocycles. The predicted octanol–water partition coefficient (Wildman–Crippen LogP) is 4.50. The first-order valence-electron chi connectivity index (χ1n) is 9.81. The molecule has 166 valence electrons. The van der Waals surface area contributed by atoms with Crippen molar-refractivity contribution in [3.05, 3.63) is 42.5 Å². The molecule has 2 N–H and O–H groups in total. The number of benzene rings is 2. The molecule has 1 aromatic heterocycles. The number of nitrogens with one attached hydrogen (secondary N) is 2. The summed E-state index contributed by atoms with van der Waals surface area (Å²) in [6, 6.07) is 11.7. The number of amides is 1. The summed E-state index contributed by atoms with van der Waals surface area (Å²) >= 11 is 2.90. The lowest BCUT2D eigenvalue weighted by molar-refractivity contribution is -0.115. The molecule has 1 atom stereocenters. The van der Waals surface area contributed by atoms with Crippen LogP contribution < -0.4 is 14.8 Å². The smallest absolute Gasteiger partial charge is 0.240 e. The van der Waals surface area contributed by atoms with Crippen LogP contribution >= 0.6 is 23.1 Å². The molecule has 0 aliphatic rings. The Balaban J connectivity index is 1.63. The molecule has 0 fully saturated rings. The molecular formula is C21H25N3O4S3. The highest BCUT2D eigenvalue weighted by Crippen LogP contribution is 2.34. The van der Waals surface area contributed by atoms with Gasteiger partial charge in [0.2, 0.25) is 15.9 Å². The van der Waals surface area contributed by atoms with Gasteiger partial charge in [0.25, 0.3) is 0 Å². The van der Waals surface area contributed by atoms with E-state index in [4.69, 9.17) is 4.74 Å². The minimum Gasteiger partial charge on any atom is -0.494 e. The van der Waals surface area contributed by atoms with E-state index in [1.165, 1.54) is 35.2 Å². The average molecular weight is 480 g/mol. The van der Waals surface area contributed by atoms with E-state index in [2.05, 4.69) is 15.0 Å². The Morgan fingerprint density at radius 1 is 1.16 bits per heavy atom. The van der Waals surface area contributed by atoms with Crippen LogP contribution in [0.25, 0.3) is 10.2 Å². The van der Waals surface area contributed by atoms with Crippen LogP contribution in [0.15, 0.2) is 51.7 Å². The highest BCUT2D eigenvalue weighted by molar-refractivity contribution is 8.02. The average Bonchev–Trinajstić information content (AvgIpc) is 3.09. The molecule has 0 saturated carbocycles. The molecule has 0 spiro atoms. The maximum absolute atomic E-state index is 12.6. The largest absolute Gasteiger partial charge is 0.494 e. The zero-order valence-electron chi connectivity index (χ0n) is 17.7. The summed E-state index contributed by atoms with van der Waals surface area (Å²) in [5.41, 5.74) is 1.40. The maximum Gasteiger partial charge on any atom is 0.240 e. The van der Waals surface area contributed by atoms with Crippen LogP contribution in [-0.4, -0.2) is 37.2 Å². The van der Waals surface area contributed by atoms with E-state index in [0.29, 0.717) is 12.3 Å². The first-order chi connectivity index (χ1) is 14.7. The van der Waals surface area contributed by atoms with Crippen LogP contribution in [0.4, 0.5) is 5.69 Å². The number of sulfonamides is 1. The molecule has 0 unspecified atom stereocenters. The standard InChI is InChI=1S/C21H25N3O4S3/c1-5-28-16-8-11-18-19(12-16)30-21(23-18)29-14(4)20(25)22-15-6-9-17(10-7-15)31(26,27)24-13(2)3/h6-14,24H,5H2,1-4H3,(H,22,25)/t14-/m1/s1. The third kappa shape index (κ3) is 6.19. The van der Waals surface area contributed by atoms with Gasteiger partial charge in [0.05, 0.1) is 27.0 Å². The SMILES string of the molecule is CCOc1ccc2nc(S[C@H](C)C(=O)Nc3ccc(S(=O)(=O)NC(C)C)cc3)sc2c1. The fourth-order valence-corrected chi connectivity index (χ4v) is 6.23. The molecule has 0 radical (unpaired) electrons. The second-order valence-corrected chi connectivity index (χ2v) is 11.4. The summed E-state index contributed by atoms with van der Waals surface area (Å²) in [6.07, 6.45) is 0. The highest BCUT2D eigenvalue weighted by atomic mass is 32.2. The van der Waals surface area contributed by atoms with E-state index in [9.17, 15) is 13.2 Å². The van der Waals surface area contributed by atoms with Gasteiger partial charge < -0.3 is 10.1 Å². The molecule has 10 heteroatoms. The van der Waals surface area contributed by atoms with Crippen LogP contribution in [0, 0.1) is 0 Å². The Labute approximate surface area is 190 Å². The quantitative estimate of drug-likeness (QED) is 0.439. The van der Waals surface area contributed by atoms with Crippen LogP contribution in [0.3, 0.4) is 0 Å². The number of thiazole rings is 1. The van der Waals surface area contributed by atoms with Crippen molar-refractivity contribution >= 4 is 54.9 Å². The Morgan fingerprint density at radius 3 is 2.52 bits per heavy atom. The first kappa shape index (κ1) is 23.5. The van der Waals surface area contributed by atoms with Crippen LogP contribution in [0.1, 0.15) is 27.7 Å². The zero-order chi connectivity index (χ0) is 22.6. The van der Waals surface area contributed by atoms with Crippen molar-refractivity contribution in [1.29, 1.82) is 0 Å². The fraction of sp³-hybridized carbons (Fsp3) is 0.333. The maximum atomic E-state index is 12.6. The van der Waals surface area contributed by atoms with Crippen molar-refractivity contribution in [2.24, 2.45) is 0 Å². The second kappa shape index (κ2) is 9.99. The lowest BCUT2D eigenvalue weighted by Crippen LogP contribution is -2.30. The topological polar surface area (TPSA) is 97.4 Å². The number of rotatable bonds is 9. The second-order valence-electron chi connectivity index (χ2n) is 7.09. The number of aromatic nitrogens is 1. The van der Waals surface area contributed by atoms with Gasteiger partial charge in [0.15, 0.2) is 4.34 Å². The summed E-state index contributed by atoms with van der Waals surface area (Å²) < 4.78 is 34.3. The summed E-state index contributed by atoms with van der Waals surface area (Å²) in [4.78, 5) is 17.3. The molecule has 31 heavy (non-hydrogen) atoms. The van der Waals surface area contributed by atoms with Crippen molar-refractivity contribution in [1.82, 2.24) is 9.71 Å². The number of hydrogen-bond acceptors (Lipinski definition) is 7. The van der Waals surface area contributed by atoms with E-state index in [1.54, 1.807) is 26.0 Å². The van der Waals surface area contributed by atoms with E-state index in [0.717, 1.165) is 20.3 Å². The van der Waals surface area contributed by atoms with Gasteiger partial charge in [0.1, 0.15) is 5.75 Å². The third-order valence-electron chi connectivity index (χ3n) is 4.12. The predicted molar refractivity (Wildman–Crippen MR) is 127 cm³/mol. The summed E-state index contributed by atoms with van der Waals surface area (Å²) in [7, 11) is -3.56. The molecular weight excluding hydrogens is 454 g/mol. The third-order valence-corrected chi connectivity index (χ3v) is 8.01. The van der Waals surface area contributed by atoms with Crippen molar-refractivity contribution in [2.75, 3.05) is 11.9 Å². The van der Waals surface area contributed by atoms with Gasteiger partial charge in [-0.25, -0.2) is 18.1 Å². The highest BCUT2D eigenvalue weighted by Gasteiger charge is 2.19. The van der Waals surface area contributed by atoms with E-state index >= 15 is 0 Å². The molecule has 0 aliphatic carbocycles. The lowest BCUT2D eigenvalue weighted by atomic mass is 10.3. The molecule has 2 aromatic carbocycles. The van der Waals surface area contributed by atoms with Gasteiger partial charge in [0, 0.05) is 11.7 Å². The van der Waals surface area contributed by atoms with Gasteiger partial charge in [-0.2, -0.15) is 0 Å². The Kier molecular flexibility index (Phi) is 7.58. The summed E-state index contributed by atoms with van der Waals surface area (Å²) in [6.45, 7) is 7.86. The molecule has 0 bridgehead atoms. The van der Waals surface area contributed by atoms with Crippen molar-refractivity contribution in [3.8, 4) is 5.75 Å². The Hall–Kier alpha value is -2.14. The van der Waals surface area contributed by atoms with Crippen LogP contribution in [-0.2, 0) is 14.8 Å². The number of thioether (sulfide) groups is 1. The Bertz CT molecular complexity index is 1160. The summed E-state index contributed by atoms with van der Waals surface area (Å²) in [5.74, 6) is 0.616. The van der Waals surface area contributed by atoms with Gasteiger partial charge in [-0.05, 0) is 70.2 Å². The molecule has 1 amide bonds. The molecule has 7 nitrogen and oxygen atoms in total. The number of carbonyl (C=O) groups is 1. The van der Waals surface area contributed by atoms with E-state index < -0.39 is 10.0 Å².